The second kappa shape index (κ2) is 7.06. The molecule has 1 saturated carbocycles. The summed E-state index contributed by atoms with van der Waals surface area (Å²) in [5.41, 5.74) is 1.16. The van der Waals surface area contributed by atoms with Crippen molar-refractivity contribution >= 4 is 11.3 Å². The van der Waals surface area contributed by atoms with Gasteiger partial charge in [0.25, 0.3) is 0 Å². The van der Waals surface area contributed by atoms with Gasteiger partial charge in [0.2, 0.25) is 0 Å². The standard InChI is InChI=1S/C12H20N2O2S/c1-15-6-7-16-5-4-12-14-11(9-17-12)8-13-10-2-3-10/h9-10,13H,2-8H2,1H3. The fourth-order valence-electron chi connectivity index (χ4n) is 1.49. The molecule has 1 N–H and O–H groups in total. The first-order valence-corrected chi connectivity index (χ1v) is 7.00. The Morgan fingerprint density at radius 3 is 3.06 bits per heavy atom. The van der Waals surface area contributed by atoms with Crippen LogP contribution in [0.2, 0.25) is 0 Å². The van der Waals surface area contributed by atoms with Crippen LogP contribution in [0.5, 0.6) is 0 Å². The number of rotatable bonds is 9. The molecule has 0 spiro atoms. The molecule has 0 aromatic carbocycles. The van der Waals surface area contributed by atoms with Gasteiger partial charge in [-0.3, -0.25) is 0 Å². The van der Waals surface area contributed by atoms with Crippen molar-refractivity contribution in [2.75, 3.05) is 26.9 Å². The number of nitrogens with one attached hydrogen (secondary N) is 1. The quantitative estimate of drug-likeness (QED) is 0.682. The lowest BCUT2D eigenvalue weighted by Gasteiger charge is -2.01. The molecule has 0 aliphatic heterocycles. The summed E-state index contributed by atoms with van der Waals surface area (Å²) >= 11 is 1.72. The molecule has 2 rings (SSSR count). The Kier molecular flexibility index (Phi) is 5.38. The van der Waals surface area contributed by atoms with Crippen LogP contribution < -0.4 is 5.32 Å². The van der Waals surface area contributed by atoms with E-state index in [1.165, 1.54) is 12.8 Å². The molecule has 1 aromatic rings. The summed E-state index contributed by atoms with van der Waals surface area (Å²) < 4.78 is 10.3. The van der Waals surface area contributed by atoms with E-state index in [1.54, 1.807) is 18.4 Å². The van der Waals surface area contributed by atoms with Crippen LogP contribution in [0.3, 0.4) is 0 Å². The van der Waals surface area contributed by atoms with Crippen LogP contribution >= 0.6 is 11.3 Å². The van der Waals surface area contributed by atoms with Gasteiger partial charge in [-0.1, -0.05) is 0 Å². The molecule has 17 heavy (non-hydrogen) atoms. The van der Waals surface area contributed by atoms with E-state index in [2.05, 4.69) is 15.7 Å². The lowest BCUT2D eigenvalue weighted by atomic mass is 10.4. The fourth-order valence-corrected chi connectivity index (χ4v) is 2.26. The highest BCUT2D eigenvalue weighted by Gasteiger charge is 2.20. The van der Waals surface area contributed by atoms with E-state index in [0.717, 1.165) is 36.3 Å². The van der Waals surface area contributed by atoms with Crippen molar-refractivity contribution in [3.05, 3.63) is 16.1 Å². The molecule has 0 amide bonds. The third-order valence-electron chi connectivity index (χ3n) is 2.64. The van der Waals surface area contributed by atoms with E-state index in [4.69, 9.17) is 9.47 Å². The normalized spacial score (nSPS) is 15.4. The predicted octanol–water partition coefficient (Wildman–Crippen LogP) is 1.60. The van der Waals surface area contributed by atoms with Crippen molar-refractivity contribution in [2.45, 2.75) is 31.8 Å². The number of methoxy groups -OCH3 is 1. The van der Waals surface area contributed by atoms with Gasteiger partial charge in [0.15, 0.2) is 0 Å². The van der Waals surface area contributed by atoms with Gasteiger partial charge in [0, 0.05) is 31.5 Å². The second-order valence-corrected chi connectivity index (χ2v) is 5.19. The Morgan fingerprint density at radius 1 is 1.41 bits per heavy atom. The summed E-state index contributed by atoms with van der Waals surface area (Å²) in [7, 11) is 1.68. The monoisotopic (exact) mass is 256 g/mol. The molecular formula is C12H20N2O2S. The van der Waals surface area contributed by atoms with E-state index < -0.39 is 0 Å². The Labute approximate surface area is 106 Å². The van der Waals surface area contributed by atoms with Gasteiger partial charge in [-0.25, -0.2) is 4.98 Å². The lowest BCUT2D eigenvalue weighted by Crippen LogP contribution is -2.15. The Bertz CT molecular complexity index is 326. The maximum atomic E-state index is 5.42. The highest BCUT2D eigenvalue weighted by Crippen LogP contribution is 2.19. The highest BCUT2D eigenvalue weighted by molar-refractivity contribution is 7.09. The minimum absolute atomic E-state index is 0.661. The fraction of sp³-hybridized carbons (Fsp3) is 0.750. The van der Waals surface area contributed by atoms with Crippen molar-refractivity contribution in [1.82, 2.24) is 10.3 Å². The minimum Gasteiger partial charge on any atom is -0.382 e. The van der Waals surface area contributed by atoms with Crippen LogP contribution in [0.1, 0.15) is 23.5 Å². The van der Waals surface area contributed by atoms with Crippen LogP contribution in [0.4, 0.5) is 0 Å². The maximum absolute atomic E-state index is 5.42. The van der Waals surface area contributed by atoms with Crippen molar-refractivity contribution in [3.8, 4) is 0 Å². The zero-order chi connectivity index (χ0) is 11.9. The van der Waals surface area contributed by atoms with Crippen molar-refractivity contribution < 1.29 is 9.47 Å². The van der Waals surface area contributed by atoms with Crippen LogP contribution in [0.15, 0.2) is 5.38 Å². The number of thiazole rings is 1. The molecule has 1 aromatic heterocycles. The van der Waals surface area contributed by atoms with Gasteiger partial charge in [-0.15, -0.1) is 11.3 Å². The van der Waals surface area contributed by atoms with E-state index in [-0.39, 0.29) is 0 Å². The van der Waals surface area contributed by atoms with Crippen LogP contribution in [0, 0.1) is 0 Å². The van der Waals surface area contributed by atoms with Crippen molar-refractivity contribution in [1.29, 1.82) is 0 Å². The van der Waals surface area contributed by atoms with E-state index in [0.29, 0.717) is 13.2 Å². The number of hydrogen-bond donors (Lipinski definition) is 1. The Hall–Kier alpha value is -0.490. The zero-order valence-electron chi connectivity index (χ0n) is 10.3. The van der Waals surface area contributed by atoms with Gasteiger partial charge in [0.05, 0.1) is 30.5 Å². The largest absolute Gasteiger partial charge is 0.382 e. The third-order valence-corrected chi connectivity index (χ3v) is 3.60. The average molecular weight is 256 g/mol. The summed E-state index contributed by atoms with van der Waals surface area (Å²) in [6, 6.07) is 0.748. The number of hydrogen-bond acceptors (Lipinski definition) is 5. The average Bonchev–Trinajstić information content (AvgIpc) is 3.06. The Balaban J connectivity index is 1.59. The van der Waals surface area contributed by atoms with Crippen molar-refractivity contribution in [3.63, 3.8) is 0 Å². The molecule has 1 fully saturated rings. The third kappa shape index (κ3) is 5.12. The van der Waals surface area contributed by atoms with Gasteiger partial charge in [-0.2, -0.15) is 0 Å². The predicted molar refractivity (Wildman–Crippen MR) is 68.4 cm³/mol. The first-order valence-electron chi connectivity index (χ1n) is 6.12. The van der Waals surface area contributed by atoms with Gasteiger partial charge < -0.3 is 14.8 Å². The summed E-state index contributed by atoms with van der Waals surface area (Å²) in [4.78, 5) is 4.57. The molecule has 1 aliphatic carbocycles. The SMILES string of the molecule is COCCOCCc1nc(CNC2CC2)cs1. The summed E-state index contributed by atoms with van der Waals surface area (Å²) in [5.74, 6) is 0. The zero-order valence-corrected chi connectivity index (χ0v) is 11.1. The molecule has 0 saturated heterocycles. The van der Waals surface area contributed by atoms with Crippen LogP contribution in [-0.4, -0.2) is 38.0 Å². The number of aromatic nitrogens is 1. The molecule has 0 radical (unpaired) electrons. The molecule has 96 valence electrons. The van der Waals surface area contributed by atoms with Gasteiger partial charge >= 0.3 is 0 Å². The summed E-state index contributed by atoms with van der Waals surface area (Å²) in [6.45, 7) is 2.96. The highest BCUT2D eigenvalue weighted by atomic mass is 32.1. The first kappa shape index (κ1) is 13.0. The van der Waals surface area contributed by atoms with Gasteiger partial charge in [-0.05, 0) is 12.8 Å². The minimum atomic E-state index is 0.661. The molecule has 1 heterocycles. The van der Waals surface area contributed by atoms with Crippen molar-refractivity contribution in [2.24, 2.45) is 0 Å². The smallest absolute Gasteiger partial charge is 0.0951 e. The van der Waals surface area contributed by atoms with Gasteiger partial charge in [0.1, 0.15) is 0 Å². The Morgan fingerprint density at radius 2 is 2.29 bits per heavy atom. The topological polar surface area (TPSA) is 43.4 Å². The lowest BCUT2D eigenvalue weighted by molar-refractivity contribution is 0.0722. The molecular weight excluding hydrogens is 236 g/mol. The molecule has 0 unspecified atom stereocenters. The van der Waals surface area contributed by atoms with E-state index >= 15 is 0 Å². The molecule has 0 bridgehead atoms. The number of ether oxygens (including phenoxy) is 2. The molecule has 5 heteroatoms. The van der Waals surface area contributed by atoms with E-state index in [1.807, 2.05) is 0 Å². The second-order valence-electron chi connectivity index (χ2n) is 4.24. The number of nitrogens with zero attached hydrogens (tertiary/aromatic N) is 1. The molecule has 1 aliphatic rings. The summed E-state index contributed by atoms with van der Waals surface area (Å²) in [6.07, 6.45) is 3.55. The van der Waals surface area contributed by atoms with E-state index in [9.17, 15) is 0 Å². The van der Waals surface area contributed by atoms with Crippen LogP contribution in [-0.2, 0) is 22.4 Å². The molecule has 4 nitrogen and oxygen atoms in total. The maximum Gasteiger partial charge on any atom is 0.0951 e. The van der Waals surface area contributed by atoms with Crippen LogP contribution in [0.25, 0.3) is 0 Å². The molecule has 0 atom stereocenters. The first-order chi connectivity index (χ1) is 8.38. The summed E-state index contributed by atoms with van der Waals surface area (Å²) in [5, 5.41) is 6.77.